The van der Waals surface area contributed by atoms with E-state index in [0.29, 0.717) is 17.9 Å². The fourth-order valence-corrected chi connectivity index (χ4v) is 1.61. The van der Waals surface area contributed by atoms with Gasteiger partial charge in [0, 0.05) is 6.04 Å². The molecule has 0 aliphatic heterocycles. The highest BCUT2D eigenvalue weighted by Crippen LogP contribution is 2.09. The Balaban J connectivity index is 3.60. The van der Waals surface area contributed by atoms with Crippen LogP contribution in [0.3, 0.4) is 0 Å². The molecule has 0 amide bonds. The minimum Gasteiger partial charge on any atom is -0.330 e. The van der Waals surface area contributed by atoms with Crippen molar-refractivity contribution in [3.63, 3.8) is 0 Å². The molecule has 0 radical (unpaired) electrons. The average molecular weight is 200 g/mol. The number of hydrogen-bond acceptors (Lipinski definition) is 2. The SMILES string of the molecule is CC(C)CC(C)NC[C@H](C)C(C)CN. The maximum atomic E-state index is 5.63. The molecule has 2 heteroatoms. The highest BCUT2D eigenvalue weighted by atomic mass is 14.9. The van der Waals surface area contributed by atoms with E-state index in [9.17, 15) is 0 Å². The molecule has 86 valence electrons. The van der Waals surface area contributed by atoms with Crippen molar-refractivity contribution in [2.45, 2.75) is 47.1 Å². The lowest BCUT2D eigenvalue weighted by Gasteiger charge is -2.22. The number of hydrogen-bond donors (Lipinski definition) is 2. The second-order valence-corrected chi connectivity index (χ2v) is 5.13. The predicted molar refractivity (Wildman–Crippen MR) is 64.3 cm³/mol. The quantitative estimate of drug-likeness (QED) is 0.661. The fraction of sp³-hybridized carbons (Fsp3) is 1.00. The average Bonchev–Trinajstić information content (AvgIpc) is 2.11. The Morgan fingerprint density at radius 3 is 2.00 bits per heavy atom. The molecule has 0 aromatic rings. The summed E-state index contributed by atoms with van der Waals surface area (Å²) in [6.45, 7) is 13.2. The van der Waals surface area contributed by atoms with Crippen LogP contribution in [0.1, 0.15) is 41.0 Å². The normalized spacial score (nSPS) is 18.2. The highest BCUT2D eigenvalue weighted by molar-refractivity contribution is 4.69. The Labute approximate surface area is 89.6 Å². The largest absolute Gasteiger partial charge is 0.330 e. The first-order valence-corrected chi connectivity index (χ1v) is 5.90. The van der Waals surface area contributed by atoms with E-state index in [-0.39, 0.29) is 0 Å². The summed E-state index contributed by atoms with van der Waals surface area (Å²) in [6.07, 6.45) is 1.25. The highest BCUT2D eigenvalue weighted by Gasteiger charge is 2.11. The third-order valence-corrected chi connectivity index (χ3v) is 2.96. The van der Waals surface area contributed by atoms with E-state index in [4.69, 9.17) is 5.73 Å². The van der Waals surface area contributed by atoms with Crippen molar-refractivity contribution in [3.05, 3.63) is 0 Å². The zero-order valence-corrected chi connectivity index (χ0v) is 10.5. The molecule has 3 atom stereocenters. The Bertz CT molecular complexity index is 134. The second kappa shape index (κ2) is 7.24. The standard InChI is InChI=1S/C12H28N2/c1-9(2)6-12(5)14-8-11(4)10(3)7-13/h9-12,14H,6-8,13H2,1-5H3/t10?,11-,12?/m0/s1. The molecule has 0 fully saturated rings. The van der Waals surface area contributed by atoms with Crippen LogP contribution in [0, 0.1) is 17.8 Å². The molecule has 0 heterocycles. The maximum Gasteiger partial charge on any atom is 0.00412 e. The third kappa shape index (κ3) is 6.39. The summed E-state index contributed by atoms with van der Waals surface area (Å²) in [5.74, 6) is 2.07. The van der Waals surface area contributed by atoms with Gasteiger partial charge in [0.25, 0.3) is 0 Å². The molecule has 0 aromatic carbocycles. The minimum atomic E-state index is 0.619. The Kier molecular flexibility index (Phi) is 7.20. The van der Waals surface area contributed by atoms with Crippen LogP contribution in [0.4, 0.5) is 0 Å². The summed E-state index contributed by atoms with van der Waals surface area (Å²) < 4.78 is 0. The summed E-state index contributed by atoms with van der Waals surface area (Å²) in [7, 11) is 0. The molecule has 0 aliphatic rings. The molecule has 2 nitrogen and oxygen atoms in total. The van der Waals surface area contributed by atoms with Crippen molar-refractivity contribution >= 4 is 0 Å². The van der Waals surface area contributed by atoms with Crippen LogP contribution in [-0.4, -0.2) is 19.1 Å². The smallest absolute Gasteiger partial charge is 0.00412 e. The van der Waals surface area contributed by atoms with Gasteiger partial charge in [-0.15, -0.1) is 0 Å². The molecule has 0 rings (SSSR count). The van der Waals surface area contributed by atoms with Crippen LogP contribution < -0.4 is 11.1 Å². The predicted octanol–water partition coefficient (Wildman–Crippen LogP) is 2.24. The molecular weight excluding hydrogens is 172 g/mol. The monoisotopic (exact) mass is 200 g/mol. The van der Waals surface area contributed by atoms with E-state index in [0.717, 1.165) is 19.0 Å². The number of nitrogens with two attached hydrogens (primary N) is 1. The lowest BCUT2D eigenvalue weighted by atomic mass is 9.95. The van der Waals surface area contributed by atoms with Gasteiger partial charge in [-0.1, -0.05) is 27.7 Å². The van der Waals surface area contributed by atoms with E-state index in [2.05, 4.69) is 39.9 Å². The Morgan fingerprint density at radius 2 is 1.57 bits per heavy atom. The van der Waals surface area contributed by atoms with Gasteiger partial charge in [0.2, 0.25) is 0 Å². The van der Waals surface area contributed by atoms with Gasteiger partial charge in [0.15, 0.2) is 0 Å². The van der Waals surface area contributed by atoms with Crippen molar-refractivity contribution in [2.75, 3.05) is 13.1 Å². The fourth-order valence-electron chi connectivity index (χ4n) is 1.61. The van der Waals surface area contributed by atoms with Crippen LogP contribution in [-0.2, 0) is 0 Å². The Morgan fingerprint density at radius 1 is 1.00 bits per heavy atom. The second-order valence-electron chi connectivity index (χ2n) is 5.13. The maximum absolute atomic E-state index is 5.63. The lowest BCUT2D eigenvalue weighted by molar-refractivity contribution is 0.342. The zero-order chi connectivity index (χ0) is 11.1. The molecule has 3 N–H and O–H groups in total. The van der Waals surface area contributed by atoms with Crippen molar-refractivity contribution < 1.29 is 0 Å². The van der Waals surface area contributed by atoms with E-state index in [1.54, 1.807) is 0 Å². The van der Waals surface area contributed by atoms with Gasteiger partial charge in [0.05, 0.1) is 0 Å². The topological polar surface area (TPSA) is 38.0 Å². The molecule has 0 saturated heterocycles. The summed E-state index contributed by atoms with van der Waals surface area (Å²) in [5, 5.41) is 3.57. The van der Waals surface area contributed by atoms with Crippen molar-refractivity contribution in [1.82, 2.24) is 5.32 Å². The lowest BCUT2D eigenvalue weighted by Crippen LogP contribution is -2.34. The first kappa shape index (κ1) is 13.9. The van der Waals surface area contributed by atoms with Crippen LogP contribution in [0.25, 0.3) is 0 Å². The molecular formula is C12H28N2. The third-order valence-electron chi connectivity index (χ3n) is 2.96. The van der Waals surface area contributed by atoms with Gasteiger partial charge < -0.3 is 11.1 Å². The van der Waals surface area contributed by atoms with Gasteiger partial charge in [-0.05, 0) is 44.2 Å². The van der Waals surface area contributed by atoms with Crippen LogP contribution in [0.2, 0.25) is 0 Å². The summed E-state index contributed by atoms with van der Waals surface area (Å²) >= 11 is 0. The first-order valence-electron chi connectivity index (χ1n) is 5.90. The first-order chi connectivity index (χ1) is 6.47. The van der Waals surface area contributed by atoms with Crippen molar-refractivity contribution in [2.24, 2.45) is 23.5 Å². The summed E-state index contributed by atoms with van der Waals surface area (Å²) in [6, 6.07) is 0.627. The van der Waals surface area contributed by atoms with Crippen molar-refractivity contribution in [1.29, 1.82) is 0 Å². The van der Waals surface area contributed by atoms with Crippen LogP contribution >= 0.6 is 0 Å². The van der Waals surface area contributed by atoms with Gasteiger partial charge in [-0.2, -0.15) is 0 Å². The van der Waals surface area contributed by atoms with Crippen LogP contribution in [0.5, 0.6) is 0 Å². The number of nitrogens with one attached hydrogen (secondary N) is 1. The summed E-state index contributed by atoms with van der Waals surface area (Å²) in [4.78, 5) is 0. The summed E-state index contributed by atoms with van der Waals surface area (Å²) in [5.41, 5.74) is 5.63. The molecule has 0 bridgehead atoms. The van der Waals surface area contributed by atoms with E-state index in [1.165, 1.54) is 6.42 Å². The van der Waals surface area contributed by atoms with Crippen LogP contribution in [0.15, 0.2) is 0 Å². The molecule has 0 aromatic heterocycles. The van der Waals surface area contributed by atoms with Gasteiger partial charge >= 0.3 is 0 Å². The molecule has 14 heavy (non-hydrogen) atoms. The zero-order valence-electron chi connectivity index (χ0n) is 10.5. The van der Waals surface area contributed by atoms with Crippen molar-refractivity contribution in [3.8, 4) is 0 Å². The van der Waals surface area contributed by atoms with Gasteiger partial charge in [0.1, 0.15) is 0 Å². The minimum absolute atomic E-state index is 0.619. The molecule has 0 aliphatic carbocycles. The van der Waals surface area contributed by atoms with Gasteiger partial charge in [-0.3, -0.25) is 0 Å². The van der Waals surface area contributed by atoms with E-state index >= 15 is 0 Å². The molecule has 0 spiro atoms. The van der Waals surface area contributed by atoms with E-state index < -0.39 is 0 Å². The molecule has 0 saturated carbocycles. The number of rotatable bonds is 7. The molecule has 2 unspecified atom stereocenters. The van der Waals surface area contributed by atoms with E-state index in [1.807, 2.05) is 0 Å². The van der Waals surface area contributed by atoms with Gasteiger partial charge in [-0.25, -0.2) is 0 Å². The Hall–Kier alpha value is -0.0800.